The molecule has 14 heavy (non-hydrogen) atoms. The second kappa shape index (κ2) is 11.0. The SMILES string of the molecule is CN(CCCCCN)CCCCCN. The first kappa shape index (κ1) is 13.9. The largest absolute Gasteiger partial charge is 0.330 e. The molecule has 86 valence electrons. The third kappa shape index (κ3) is 9.96. The number of hydrogen-bond donors (Lipinski definition) is 2. The summed E-state index contributed by atoms with van der Waals surface area (Å²) in [4.78, 5) is 2.41. The minimum atomic E-state index is 0.834. The molecule has 0 aliphatic rings. The monoisotopic (exact) mass is 201 g/mol. The second-order valence-corrected chi connectivity index (χ2v) is 4.00. The van der Waals surface area contributed by atoms with Gasteiger partial charge in [-0.3, -0.25) is 0 Å². The summed E-state index contributed by atoms with van der Waals surface area (Å²) in [6.45, 7) is 4.09. The summed E-state index contributed by atoms with van der Waals surface area (Å²) in [6, 6.07) is 0. The van der Waals surface area contributed by atoms with Gasteiger partial charge in [0.05, 0.1) is 0 Å². The Morgan fingerprint density at radius 2 is 1.14 bits per heavy atom. The Bertz CT molecular complexity index is 94.7. The molecule has 0 unspecified atom stereocenters. The molecule has 0 aromatic rings. The minimum Gasteiger partial charge on any atom is -0.330 e. The quantitative estimate of drug-likeness (QED) is 0.522. The van der Waals surface area contributed by atoms with Gasteiger partial charge in [-0.25, -0.2) is 0 Å². The van der Waals surface area contributed by atoms with Crippen LogP contribution in [-0.2, 0) is 0 Å². The molecule has 0 saturated heterocycles. The van der Waals surface area contributed by atoms with E-state index in [1.54, 1.807) is 0 Å². The summed E-state index contributed by atoms with van der Waals surface area (Å²) in [5, 5.41) is 0. The van der Waals surface area contributed by atoms with Gasteiger partial charge < -0.3 is 16.4 Å². The van der Waals surface area contributed by atoms with Crippen molar-refractivity contribution in [3.8, 4) is 0 Å². The molecule has 0 aliphatic heterocycles. The van der Waals surface area contributed by atoms with Gasteiger partial charge in [-0.1, -0.05) is 12.8 Å². The van der Waals surface area contributed by atoms with Gasteiger partial charge in [-0.2, -0.15) is 0 Å². The summed E-state index contributed by atoms with van der Waals surface area (Å²) in [5.74, 6) is 0. The summed E-state index contributed by atoms with van der Waals surface area (Å²) >= 11 is 0. The second-order valence-electron chi connectivity index (χ2n) is 4.00. The fraction of sp³-hybridized carbons (Fsp3) is 1.00. The molecule has 3 heteroatoms. The van der Waals surface area contributed by atoms with Crippen LogP contribution in [0.5, 0.6) is 0 Å². The van der Waals surface area contributed by atoms with Crippen molar-refractivity contribution in [1.82, 2.24) is 4.90 Å². The average Bonchev–Trinajstić information content (AvgIpc) is 2.19. The summed E-state index contributed by atoms with van der Waals surface area (Å²) < 4.78 is 0. The van der Waals surface area contributed by atoms with E-state index in [2.05, 4.69) is 11.9 Å². The molecule has 0 aromatic carbocycles. The van der Waals surface area contributed by atoms with Crippen LogP contribution < -0.4 is 11.5 Å². The van der Waals surface area contributed by atoms with Crippen LogP contribution in [0.3, 0.4) is 0 Å². The highest BCUT2D eigenvalue weighted by Crippen LogP contribution is 1.99. The zero-order valence-electron chi connectivity index (χ0n) is 9.67. The molecule has 3 nitrogen and oxygen atoms in total. The molecule has 0 fully saturated rings. The molecule has 0 saturated carbocycles. The minimum absolute atomic E-state index is 0.834. The molecule has 0 atom stereocenters. The van der Waals surface area contributed by atoms with E-state index in [0.29, 0.717) is 0 Å². The van der Waals surface area contributed by atoms with Crippen LogP contribution in [0.25, 0.3) is 0 Å². The van der Waals surface area contributed by atoms with Gasteiger partial charge in [-0.15, -0.1) is 0 Å². The molecule has 0 radical (unpaired) electrons. The van der Waals surface area contributed by atoms with E-state index in [-0.39, 0.29) is 0 Å². The van der Waals surface area contributed by atoms with Crippen molar-refractivity contribution in [2.24, 2.45) is 11.5 Å². The molecular formula is C11H27N3. The van der Waals surface area contributed by atoms with Gasteiger partial charge in [-0.05, 0) is 58.9 Å². The van der Waals surface area contributed by atoms with E-state index in [0.717, 1.165) is 13.1 Å². The van der Waals surface area contributed by atoms with Crippen LogP contribution in [0.2, 0.25) is 0 Å². The fourth-order valence-corrected chi connectivity index (χ4v) is 1.52. The smallest absolute Gasteiger partial charge is 0.00218 e. The molecule has 0 bridgehead atoms. The number of unbranched alkanes of at least 4 members (excludes halogenated alkanes) is 4. The lowest BCUT2D eigenvalue weighted by Gasteiger charge is -2.15. The van der Waals surface area contributed by atoms with Gasteiger partial charge in [0, 0.05) is 0 Å². The zero-order chi connectivity index (χ0) is 10.6. The molecule has 0 aromatic heterocycles. The van der Waals surface area contributed by atoms with E-state index in [9.17, 15) is 0 Å². The van der Waals surface area contributed by atoms with Gasteiger partial charge in [0.2, 0.25) is 0 Å². The van der Waals surface area contributed by atoms with E-state index in [1.165, 1.54) is 51.6 Å². The zero-order valence-corrected chi connectivity index (χ0v) is 9.67. The Morgan fingerprint density at radius 3 is 1.50 bits per heavy atom. The summed E-state index contributed by atoms with van der Waals surface area (Å²) in [6.07, 6.45) is 7.44. The predicted octanol–water partition coefficient (Wildman–Crippen LogP) is 1.18. The number of hydrogen-bond acceptors (Lipinski definition) is 3. The Labute approximate surface area is 88.8 Å². The molecule has 0 spiro atoms. The van der Waals surface area contributed by atoms with E-state index < -0.39 is 0 Å². The van der Waals surface area contributed by atoms with Crippen molar-refractivity contribution >= 4 is 0 Å². The molecule has 0 aliphatic carbocycles. The molecule has 0 amide bonds. The Hall–Kier alpha value is -0.120. The van der Waals surface area contributed by atoms with Crippen LogP contribution in [-0.4, -0.2) is 38.1 Å². The Balaban J connectivity index is 3.07. The van der Waals surface area contributed by atoms with E-state index in [4.69, 9.17) is 11.5 Å². The maximum absolute atomic E-state index is 5.43. The van der Waals surface area contributed by atoms with Crippen molar-refractivity contribution in [3.05, 3.63) is 0 Å². The molecule has 4 N–H and O–H groups in total. The highest BCUT2D eigenvalue weighted by molar-refractivity contribution is 4.53. The fourth-order valence-electron chi connectivity index (χ4n) is 1.52. The topological polar surface area (TPSA) is 55.3 Å². The lowest BCUT2D eigenvalue weighted by molar-refractivity contribution is 0.316. The number of rotatable bonds is 10. The van der Waals surface area contributed by atoms with Crippen molar-refractivity contribution in [3.63, 3.8) is 0 Å². The van der Waals surface area contributed by atoms with Crippen LogP contribution in [0.4, 0.5) is 0 Å². The van der Waals surface area contributed by atoms with Gasteiger partial charge in [0.15, 0.2) is 0 Å². The third-order valence-corrected chi connectivity index (χ3v) is 2.49. The highest BCUT2D eigenvalue weighted by Gasteiger charge is 1.97. The lowest BCUT2D eigenvalue weighted by atomic mass is 10.2. The van der Waals surface area contributed by atoms with Crippen molar-refractivity contribution in [2.75, 3.05) is 33.2 Å². The van der Waals surface area contributed by atoms with Gasteiger partial charge in [0.1, 0.15) is 0 Å². The van der Waals surface area contributed by atoms with E-state index >= 15 is 0 Å². The Kier molecular flexibility index (Phi) is 10.9. The van der Waals surface area contributed by atoms with Crippen LogP contribution in [0, 0.1) is 0 Å². The standard InChI is InChI=1S/C11H27N3/c1-14(10-6-2-4-8-12)11-7-3-5-9-13/h2-13H2,1H3. The maximum Gasteiger partial charge on any atom is -0.00218 e. The van der Waals surface area contributed by atoms with Gasteiger partial charge in [0.25, 0.3) is 0 Å². The van der Waals surface area contributed by atoms with Crippen molar-refractivity contribution in [2.45, 2.75) is 38.5 Å². The molecule has 0 heterocycles. The number of nitrogens with zero attached hydrogens (tertiary/aromatic N) is 1. The van der Waals surface area contributed by atoms with Crippen molar-refractivity contribution in [1.29, 1.82) is 0 Å². The van der Waals surface area contributed by atoms with Crippen LogP contribution in [0.15, 0.2) is 0 Å². The Morgan fingerprint density at radius 1 is 0.714 bits per heavy atom. The molecule has 0 rings (SSSR count). The third-order valence-electron chi connectivity index (χ3n) is 2.49. The van der Waals surface area contributed by atoms with Gasteiger partial charge >= 0.3 is 0 Å². The van der Waals surface area contributed by atoms with Crippen LogP contribution >= 0.6 is 0 Å². The summed E-state index contributed by atoms with van der Waals surface area (Å²) in [7, 11) is 2.20. The summed E-state index contributed by atoms with van der Waals surface area (Å²) in [5.41, 5.74) is 10.9. The van der Waals surface area contributed by atoms with E-state index in [1.807, 2.05) is 0 Å². The number of nitrogens with two attached hydrogens (primary N) is 2. The average molecular weight is 201 g/mol. The van der Waals surface area contributed by atoms with Crippen molar-refractivity contribution < 1.29 is 0 Å². The first-order valence-corrected chi connectivity index (χ1v) is 5.90. The predicted molar refractivity (Wildman–Crippen MR) is 63.3 cm³/mol. The first-order chi connectivity index (χ1) is 6.81. The molecular weight excluding hydrogens is 174 g/mol. The van der Waals surface area contributed by atoms with Crippen LogP contribution in [0.1, 0.15) is 38.5 Å². The normalized spacial score (nSPS) is 11.1. The highest BCUT2D eigenvalue weighted by atomic mass is 15.1. The lowest BCUT2D eigenvalue weighted by Crippen LogP contribution is -2.21. The maximum atomic E-state index is 5.43. The first-order valence-electron chi connectivity index (χ1n) is 5.90.